The van der Waals surface area contributed by atoms with Gasteiger partial charge in [0.25, 0.3) is 0 Å². The van der Waals surface area contributed by atoms with Gasteiger partial charge in [-0.1, -0.05) is 139 Å². The maximum Gasteiger partial charge on any atom is 0.0413 e. The van der Waals surface area contributed by atoms with E-state index >= 15 is 0 Å². The van der Waals surface area contributed by atoms with Crippen LogP contribution in [0.2, 0.25) is 0 Å². The summed E-state index contributed by atoms with van der Waals surface area (Å²) in [5.41, 5.74) is 6.33. The van der Waals surface area contributed by atoms with E-state index in [2.05, 4.69) is 128 Å². The van der Waals surface area contributed by atoms with Gasteiger partial charge in [-0.05, 0) is 73.4 Å². The molecule has 0 fully saturated rings. The predicted molar refractivity (Wildman–Crippen MR) is 182 cm³/mol. The van der Waals surface area contributed by atoms with Crippen molar-refractivity contribution in [2.75, 3.05) is 10.2 Å². The molecule has 0 saturated heterocycles. The number of para-hydroxylation sites is 3. The standard InChI is InChI=1S/C24H35N.C15H17N/c1-3-5-6-7-8-11-17-22(16-4-2)25(23-18-12-9-13-19-23)24-20-14-10-15-21-24;1-2-7-13-8-6-11-15(12-13)16-14-9-4-3-5-10-14/h9-10,12-15,18-22H,3-8,11,16-17H2,1-2H3;3-6,8-12,16H,2,7H2,1H3. The Kier molecular flexibility index (Phi) is 15.2. The number of hydrogen-bond donors (Lipinski definition) is 1. The van der Waals surface area contributed by atoms with Crippen molar-refractivity contribution in [1.82, 2.24) is 0 Å². The summed E-state index contributed by atoms with van der Waals surface area (Å²) in [6, 6.07) is 41.3. The monoisotopic (exact) mass is 548 g/mol. The Labute approximate surface area is 250 Å². The number of aryl methyl sites for hydroxylation is 1. The molecule has 2 heteroatoms. The van der Waals surface area contributed by atoms with Gasteiger partial charge in [-0.2, -0.15) is 0 Å². The minimum Gasteiger partial charge on any atom is -0.356 e. The third-order valence-electron chi connectivity index (χ3n) is 7.47. The molecule has 4 aromatic carbocycles. The first-order valence-corrected chi connectivity index (χ1v) is 16.1. The second-order valence-electron chi connectivity index (χ2n) is 11.0. The van der Waals surface area contributed by atoms with Gasteiger partial charge in [-0.3, -0.25) is 0 Å². The number of anilines is 4. The molecule has 0 heterocycles. The fraction of sp³-hybridized carbons (Fsp3) is 0.385. The van der Waals surface area contributed by atoms with Crippen LogP contribution in [0, 0.1) is 0 Å². The van der Waals surface area contributed by atoms with E-state index in [4.69, 9.17) is 0 Å². The minimum absolute atomic E-state index is 0.584. The molecule has 0 aliphatic carbocycles. The molecule has 4 rings (SSSR count). The smallest absolute Gasteiger partial charge is 0.0413 e. The molecule has 1 atom stereocenters. The van der Waals surface area contributed by atoms with Crippen molar-refractivity contribution < 1.29 is 0 Å². The Hall–Kier alpha value is -3.52. The molecule has 4 aromatic rings. The molecule has 218 valence electrons. The molecule has 2 nitrogen and oxygen atoms in total. The summed E-state index contributed by atoms with van der Waals surface area (Å²) in [5.74, 6) is 0. The lowest BCUT2D eigenvalue weighted by Gasteiger charge is -2.34. The Morgan fingerprint density at radius 1 is 0.512 bits per heavy atom. The highest BCUT2D eigenvalue weighted by Crippen LogP contribution is 2.31. The molecule has 0 aliphatic rings. The largest absolute Gasteiger partial charge is 0.356 e. The Bertz CT molecular complexity index is 1130. The number of benzene rings is 4. The normalized spacial score (nSPS) is 11.3. The summed E-state index contributed by atoms with van der Waals surface area (Å²) in [6.07, 6.45) is 14.3. The second-order valence-corrected chi connectivity index (χ2v) is 11.0. The van der Waals surface area contributed by atoms with E-state index in [0.717, 1.165) is 17.8 Å². The van der Waals surface area contributed by atoms with E-state index in [9.17, 15) is 0 Å². The van der Waals surface area contributed by atoms with Gasteiger partial charge in [-0.25, -0.2) is 0 Å². The third-order valence-corrected chi connectivity index (χ3v) is 7.47. The van der Waals surface area contributed by atoms with Crippen LogP contribution >= 0.6 is 0 Å². The average Bonchev–Trinajstić information content (AvgIpc) is 3.01. The zero-order chi connectivity index (χ0) is 29.0. The number of nitrogens with one attached hydrogen (secondary N) is 1. The zero-order valence-electron chi connectivity index (χ0n) is 25.8. The highest BCUT2D eigenvalue weighted by molar-refractivity contribution is 5.64. The summed E-state index contributed by atoms with van der Waals surface area (Å²) in [5, 5.41) is 3.40. The summed E-state index contributed by atoms with van der Waals surface area (Å²) in [4.78, 5) is 2.57. The fourth-order valence-corrected chi connectivity index (χ4v) is 5.43. The molecule has 0 aliphatic heterocycles. The van der Waals surface area contributed by atoms with Gasteiger partial charge < -0.3 is 10.2 Å². The third kappa shape index (κ3) is 11.9. The van der Waals surface area contributed by atoms with Crippen LogP contribution in [-0.2, 0) is 6.42 Å². The minimum atomic E-state index is 0.584. The van der Waals surface area contributed by atoms with Crippen molar-refractivity contribution in [3.63, 3.8) is 0 Å². The average molecular weight is 549 g/mol. The molecular weight excluding hydrogens is 496 g/mol. The second kappa shape index (κ2) is 19.5. The van der Waals surface area contributed by atoms with E-state index in [0.29, 0.717) is 6.04 Å². The Balaban J connectivity index is 0.000000248. The van der Waals surface area contributed by atoms with Crippen molar-refractivity contribution in [2.24, 2.45) is 0 Å². The lowest BCUT2D eigenvalue weighted by atomic mass is 9.99. The van der Waals surface area contributed by atoms with Crippen molar-refractivity contribution in [3.05, 3.63) is 121 Å². The predicted octanol–water partition coefficient (Wildman–Crippen LogP) is 12.1. The number of hydrogen-bond acceptors (Lipinski definition) is 2. The van der Waals surface area contributed by atoms with Crippen molar-refractivity contribution in [3.8, 4) is 0 Å². The van der Waals surface area contributed by atoms with E-state index < -0.39 is 0 Å². The molecule has 1 unspecified atom stereocenters. The van der Waals surface area contributed by atoms with Crippen LogP contribution in [0.5, 0.6) is 0 Å². The van der Waals surface area contributed by atoms with Crippen LogP contribution < -0.4 is 10.2 Å². The highest BCUT2D eigenvalue weighted by atomic mass is 15.2. The Morgan fingerprint density at radius 3 is 1.66 bits per heavy atom. The van der Waals surface area contributed by atoms with Crippen LogP contribution in [0.15, 0.2) is 115 Å². The first kappa shape index (κ1) is 32.0. The molecule has 1 N–H and O–H groups in total. The lowest BCUT2D eigenvalue weighted by molar-refractivity contribution is 0.501. The molecule has 0 spiro atoms. The number of nitrogens with zero attached hydrogens (tertiary/aromatic N) is 1. The van der Waals surface area contributed by atoms with Crippen LogP contribution in [-0.4, -0.2) is 6.04 Å². The van der Waals surface area contributed by atoms with Crippen LogP contribution in [0.3, 0.4) is 0 Å². The topological polar surface area (TPSA) is 15.3 Å². The van der Waals surface area contributed by atoms with Crippen molar-refractivity contribution in [1.29, 1.82) is 0 Å². The van der Waals surface area contributed by atoms with Gasteiger partial charge in [0.05, 0.1) is 0 Å². The Morgan fingerprint density at radius 2 is 1.07 bits per heavy atom. The molecule has 41 heavy (non-hydrogen) atoms. The van der Waals surface area contributed by atoms with Gasteiger partial charge in [0.2, 0.25) is 0 Å². The van der Waals surface area contributed by atoms with E-state index in [-0.39, 0.29) is 0 Å². The van der Waals surface area contributed by atoms with Gasteiger partial charge in [-0.15, -0.1) is 0 Å². The van der Waals surface area contributed by atoms with E-state index in [1.807, 2.05) is 18.2 Å². The zero-order valence-corrected chi connectivity index (χ0v) is 25.8. The maximum absolute atomic E-state index is 3.40. The SMILES string of the molecule is CCCCCCCCC(CCC)N(c1ccccc1)c1ccccc1.CCCc1cccc(Nc2ccccc2)c1. The van der Waals surface area contributed by atoms with Crippen LogP contribution in [0.1, 0.15) is 90.5 Å². The van der Waals surface area contributed by atoms with Crippen molar-refractivity contribution >= 4 is 22.7 Å². The van der Waals surface area contributed by atoms with Crippen LogP contribution in [0.4, 0.5) is 22.7 Å². The first-order chi connectivity index (χ1) is 20.2. The highest BCUT2D eigenvalue weighted by Gasteiger charge is 2.19. The number of unbranched alkanes of at least 4 members (excludes halogenated alkanes) is 5. The molecule has 0 amide bonds. The summed E-state index contributed by atoms with van der Waals surface area (Å²) in [7, 11) is 0. The molecule has 0 saturated carbocycles. The molecule has 0 bridgehead atoms. The maximum atomic E-state index is 3.40. The van der Waals surface area contributed by atoms with Gasteiger partial charge >= 0.3 is 0 Å². The molecule has 0 aromatic heterocycles. The summed E-state index contributed by atoms with van der Waals surface area (Å²) >= 11 is 0. The number of rotatable bonds is 16. The van der Waals surface area contributed by atoms with Crippen LogP contribution in [0.25, 0.3) is 0 Å². The lowest BCUT2D eigenvalue weighted by Crippen LogP contribution is -2.31. The fourth-order valence-electron chi connectivity index (χ4n) is 5.43. The van der Waals surface area contributed by atoms with Gasteiger partial charge in [0.1, 0.15) is 0 Å². The van der Waals surface area contributed by atoms with Crippen molar-refractivity contribution in [2.45, 2.75) is 97.4 Å². The van der Waals surface area contributed by atoms with Gasteiger partial charge in [0, 0.05) is 28.8 Å². The molecular formula is C39H52N2. The van der Waals surface area contributed by atoms with Gasteiger partial charge in [0.15, 0.2) is 0 Å². The van der Waals surface area contributed by atoms with E-state index in [1.54, 1.807) is 0 Å². The quantitative estimate of drug-likeness (QED) is 0.140. The summed E-state index contributed by atoms with van der Waals surface area (Å²) < 4.78 is 0. The van der Waals surface area contributed by atoms with E-state index in [1.165, 1.54) is 81.1 Å². The first-order valence-electron chi connectivity index (χ1n) is 16.1. The molecule has 0 radical (unpaired) electrons. The summed E-state index contributed by atoms with van der Waals surface area (Å²) in [6.45, 7) is 6.80.